The number of nitrogens with one attached hydrogen (secondary N) is 1. The highest BCUT2D eigenvalue weighted by atomic mass is 19.4. The summed E-state index contributed by atoms with van der Waals surface area (Å²) < 4.78 is 44.4. The molecule has 2 atom stereocenters. The predicted molar refractivity (Wildman–Crippen MR) is 115 cm³/mol. The fourth-order valence-corrected chi connectivity index (χ4v) is 4.32. The van der Waals surface area contributed by atoms with Crippen LogP contribution < -0.4 is 22.3 Å². The fourth-order valence-electron chi connectivity index (χ4n) is 4.32. The molecule has 1 aliphatic carbocycles. The number of aromatic nitrogens is 4. The molecule has 1 aromatic carbocycles. The molecule has 32 heavy (non-hydrogen) atoms. The number of benzene rings is 1. The number of rotatable bonds is 4. The van der Waals surface area contributed by atoms with E-state index in [9.17, 15) is 22.8 Å². The van der Waals surface area contributed by atoms with Gasteiger partial charge in [-0.15, -0.1) is 0 Å². The summed E-state index contributed by atoms with van der Waals surface area (Å²) in [5.74, 6) is 0.220. The zero-order valence-electron chi connectivity index (χ0n) is 17.8. The van der Waals surface area contributed by atoms with Crippen LogP contribution in [0.15, 0.2) is 33.9 Å². The van der Waals surface area contributed by atoms with Crippen LogP contribution in [0.4, 0.5) is 19.1 Å². The van der Waals surface area contributed by atoms with Crippen molar-refractivity contribution in [3.63, 3.8) is 0 Å². The second-order valence-corrected chi connectivity index (χ2v) is 8.25. The molecule has 0 aliphatic heterocycles. The van der Waals surface area contributed by atoms with Gasteiger partial charge in [-0.3, -0.25) is 18.5 Å². The number of hydrogen-bond acceptors (Lipinski definition) is 5. The van der Waals surface area contributed by atoms with Gasteiger partial charge < -0.3 is 11.1 Å². The molecule has 0 unspecified atom stereocenters. The van der Waals surface area contributed by atoms with Crippen molar-refractivity contribution in [3.8, 4) is 0 Å². The van der Waals surface area contributed by atoms with Gasteiger partial charge in [0.15, 0.2) is 11.2 Å². The number of alkyl halides is 3. The SMILES string of the molecule is Cn1c(=O)c2c(nc(N[C@@H]3CCCC[C@@H]3N)n2Cc2ccccc2C(F)(F)F)n(C)c1=O. The van der Waals surface area contributed by atoms with E-state index in [0.717, 1.165) is 36.3 Å². The summed E-state index contributed by atoms with van der Waals surface area (Å²) in [6.07, 6.45) is -0.994. The number of nitrogens with zero attached hydrogens (tertiary/aromatic N) is 4. The van der Waals surface area contributed by atoms with Gasteiger partial charge in [-0.05, 0) is 24.5 Å². The van der Waals surface area contributed by atoms with Crippen LogP contribution in [0.25, 0.3) is 11.2 Å². The second-order valence-electron chi connectivity index (χ2n) is 8.25. The topological polar surface area (TPSA) is 99.9 Å². The molecule has 1 fully saturated rings. The standard InChI is InChI=1S/C21H25F3N6O2/c1-28-17-16(18(31)29(2)20(28)32)30(11-12-7-3-4-8-13(12)21(22,23)24)19(27-17)26-15-10-6-5-9-14(15)25/h3-4,7-8,14-15H,5-6,9-11,25H2,1-2H3,(H,26,27)/t14-,15+/m0/s1. The monoisotopic (exact) mass is 450 g/mol. The third-order valence-electron chi connectivity index (χ3n) is 6.13. The molecule has 0 amide bonds. The van der Waals surface area contributed by atoms with E-state index < -0.39 is 23.0 Å². The number of hydrogen-bond donors (Lipinski definition) is 2. The number of aryl methyl sites for hydroxylation is 1. The van der Waals surface area contributed by atoms with Gasteiger partial charge in [0.2, 0.25) is 5.95 Å². The first kappa shape index (κ1) is 22.1. The quantitative estimate of drug-likeness (QED) is 0.635. The van der Waals surface area contributed by atoms with E-state index in [1.807, 2.05) is 0 Å². The van der Waals surface area contributed by atoms with E-state index >= 15 is 0 Å². The molecular formula is C21H25F3N6O2. The lowest BCUT2D eigenvalue weighted by atomic mass is 9.91. The van der Waals surface area contributed by atoms with E-state index in [4.69, 9.17) is 5.73 Å². The van der Waals surface area contributed by atoms with Crippen LogP contribution in [0.2, 0.25) is 0 Å². The van der Waals surface area contributed by atoms with Crippen molar-refractivity contribution in [1.29, 1.82) is 0 Å². The molecule has 3 aromatic rings. The maximum absolute atomic E-state index is 13.6. The molecule has 0 spiro atoms. The number of anilines is 1. The Hall–Kier alpha value is -3.08. The Morgan fingerprint density at radius 1 is 1.12 bits per heavy atom. The molecule has 172 valence electrons. The number of imidazole rings is 1. The van der Waals surface area contributed by atoms with Crippen LogP contribution in [0.3, 0.4) is 0 Å². The van der Waals surface area contributed by atoms with Crippen LogP contribution in [0.1, 0.15) is 36.8 Å². The molecule has 3 N–H and O–H groups in total. The molecule has 0 radical (unpaired) electrons. The highest BCUT2D eigenvalue weighted by molar-refractivity contribution is 5.74. The van der Waals surface area contributed by atoms with E-state index in [-0.39, 0.29) is 41.3 Å². The van der Waals surface area contributed by atoms with Crippen molar-refractivity contribution >= 4 is 17.1 Å². The minimum absolute atomic E-state index is 0.00815. The molecule has 2 heterocycles. The van der Waals surface area contributed by atoms with Gasteiger partial charge in [-0.1, -0.05) is 31.0 Å². The number of halogens is 3. The summed E-state index contributed by atoms with van der Waals surface area (Å²) in [6, 6.07) is 4.93. The molecule has 1 aliphatic rings. The van der Waals surface area contributed by atoms with E-state index in [1.165, 1.54) is 41.4 Å². The summed E-state index contributed by atoms with van der Waals surface area (Å²) >= 11 is 0. The van der Waals surface area contributed by atoms with Crippen molar-refractivity contribution in [3.05, 3.63) is 56.2 Å². The molecule has 2 aromatic heterocycles. The van der Waals surface area contributed by atoms with Crippen LogP contribution in [0.5, 0.6) is 0 Å². The lowest BCUT2D eigenvalue weighted by molar-refractivity contribution is -0.138. The second kappa shape index (κ2) is 8.12. The summed E-state index contributed by atoms with van der Waals surface area (Å²) in [5.41, 5.74) is 4.42. The fraction of sp³-hybridized carbons (Fsp3) is 0.476. The van der Waals surface area contributed by atoms with Crippen molar-refractivity contribution in [2.45, 2.75) is 50.5 Å². The lowest BCUT2D eigenvalue weighted by Crippen LogP contribution is -2.43. The van der Waals surface area contributed by atoms with Crippen molar-refractivity contribution in [1.82, 2.24) is 18.7 Å². The zero-order chi connectivity index (χ0) is 23.2. The van der Waals surface area contributed by atoms with Gasteiger partial charge in [0, 0.05) is 26.2 Å². The van der Waals surface area contributed by atoms with Gasteiger partial charge in [-0.25, -0.2) is 4.79 Å². The molecule has 8 nitrogen and oxygen atoms in total. The Kier molecular flexibility index (Phi) is 5.61. The Morgan fingerprint density at radius 3 is 2.50 bits per heavy atom. The summed E-state index contributed by atoms with van der Waals surface area (Å²) in [6.45, 7) is -0.246. The first-order chi connectivity index (χ1) is 15.1. The largest absolute Gasteiger partial charge is 0.416 e. The zero-order valence-corrected chi connectivity index (χ0v) is 17.8. The van der Waals surface area contributed by atoms with Crippen molar-refractivity contribution in [2.24, 2.45) is 19.8 Å². The van der Waals surface area contributed by atoms with E-state index in [0.29, 0.717) is 0 Å². The van der Waals surface area contributed by atoms with Crippen molar-refractivity contribution in [2.75, 3.05) is 5.32 Å². The highest BCUT2D eigenvalue weighted by Crippen LogP contribution is 2.33. The van der Waals surface area contributed by atoms with Gasteiger partial charge in [0.05, 0.1) is 12.1 Å². The van der Waals surface area contributed by atoms with Gasteiger partial charge in [-0.2, -0.15) is 18.2 Å². The normalized spacial score (nSPS) is 19.4. The Bertz CT molecular complexity index is 1270. The Balaban J connectivity index is 1.92. The Labute approximate surface area is 181 Å². The highest BCUT2D eigenvalue weighted by Gasteiger charge is 2.34. The Morgan fingerprint density at radius 2 is 1.81 bits per heavy atom. The van der Waals surface area contributed by atoms with Gasteiger partial charge in [0.25, 0.3) is 5.56 Å². The van der Waals surface area contributed by atoms with Gasteiger partial charge >= 0.3 is 11.9 Å². The minimum Gasteiger partial charge on any atom is -0.351 e. The van der Waals surface area contributed by atoms with Gasteiger partial charge in [0.1, 0.15) is 0 Å². The van der Waals surface area contributed by atoms with Crippen LogP contribution in [0, 0.1) is 0 Å². The smallest absolute Gasteiger partial charge is 0.351 e. The van der Waals surface area contributed by atoms with Crippen LogP contribution in [-0.4, -0.2) is 30.8 Å². The van der Waals surface area contributed by atoms with Crippen LogP contribution >= 0.6 is 0 Å². The summed E-state index contributed by atoms with van der Waals surface area (Å²) in [4.78, 5) is 29.8. The minimum atomic E-state index is -4.55. The summed E-state index contributed by atoms with van der Waals surface area (Å²) in [5, 5.41) is 3.24. The number of fused-ring (bicyclic) bond motifs is 1. The van der Waals surface area contributed by atoms with E-state index in [1.54, 1.807) is 0 Å². The molecule has 0 bridgehead atoms. The number of nitrogens with two attached hydrogens (primary N) is 1. The third kappa shape index (κ3) is 3.81. The van der Waals surface area contributed by atoms with Crippen LogP contribution in [-0.2, 0) is 26.8 Å². The first-order valence-electron chi connectivity index (χ1n) is 10.4. The first-order valence-corrected chi connectivity index (χ1v) is 10.4. The molecule has 1 saturated carbocycles. The lowest BCUT2D eigenvalue weighted by Gasteiger charge is -2.29. The molecule has 0 saturated heterocycles. The predicted octanol–water partition coefficient (Wildman–Crippen LogP) is 2.18. The molecule has 11 heteroatoms. The average molecular weight is 450 g/mol. The van der Waals surface area contributed by atoms with Crippen molar-refractivity contribution < 1.29 is 13.2 Å². The maximum atomic E-state index is 13.6. The maximum Gasteiger partial charge on any atom is 0.416 e. The summed E-state index contributed by atoms with van der Waals surface area (Å²) in [7, 11) is 2.80. The van der Waals surface area contributed by atoms with E-state index in [2.05, 4.69) is 10.3 Å². The average Bonchev–Trinajstić information content (AvgIpc) is 3.10. The molecule has 4 rings (SSSR count). The molecular weight excluding hydrogens is 425 g/mol. The third-order valence-corrected chi connectivity index (χ3v) is 6.13.